The molecule has 1 atom stereocenters. The molecule has 6 nitrogen and oxygen atoms in total. The average Bonchev–Trinajstić information content (AvgIpc) is 2.71. The Morgan fingerprint density at radius 3 is 2.72 bits per heavy atom. The molecule has 0 saturated heterocycles. The summed E-state index contributed by atoms with van der Waals surface area (Å²) < 4.78 is 11.8. The first-order valence-electron chi connectivity index (χ1n) is 6.01. The maximum atomic E-state index is 11.4. The number of nitrogens with two attached hydrogens (primary N) is 1. The fraction of sp³-hybridized carbons (Fsp3) is 0.667. The molecule has 0 bridgehead atoms. The van der Waals surface area contributed by atoms with E-state index in [4.69, 9.17) is 10.5 Å². The van der Waals surface area contributed by atoms with Crippen LogP contribution in [0.15, 0.2) is 6.33 Å². The second-order valence-electron chi connectivity index (χ2n) is 4.35. The smallest absolute Gasteiger partial charge is 0.360 e. The third kappa shape index (κ3) is 3.01. The number of hydrogen-bond donors (Lipinski definition) is 1. The first-order chi connectivity index (χ1) is 8.52. The third-order valence-electron chi connectivity index (χ3n) is 2.83. The van der Waals surface area contributed by atoms with Crippen molar-refractivity contribution >= 4 is 11.8 Å². The molecule has 0 aliphatic carbocycles. The molecule has 1 unspecified atom stereocenters. The Morgan fingerprint density at radius 1 is 1.56 bits per heavy atom. The molecule has 0 aliphatic rings. The van der Waals surface area contributed by atoms with Crippen LogP contribution >= 0.6 is 0 Å². The van der Waals surface area contributed by atoms with E-state index in [0.717, 1.165) is 0 Å². The second-order valence-corrected chi connectivity index (χ2v) is 4.35. The SMILES string of the molecule is CCOCC(C(C)C)n1cnc(C(=O)OC)c1N. The maximum Gasteiger partial charge on any atom is 0.360 e. The zero-order chi connectivity index (χ0) is 13.7. The Hall–Kier alpha value is -1.56. The van der Waals surface area contributed by atoms with Gasteiger partial charge in [-0.05, 0) is 12.8 Å². The normalized spacial score (nSPS) is 12.7. The maximum absolute atomic E-state index is 11.4. The van der Waals surface area contributed by atoms with Gasteiger partial charge in [0.25, 0.3) is 0 Å². The van der Waals surface area contributed by atoms with Gasteiger partial charge in [0.1, 0.15) is 5.82 Å². The number of hydrogen-bond acceptors (Lipinski definition) is 5. The van der Waals surface area contributed by atoms with E-state index in [1.54, 1.807) is 10.9 Å². The lowest BCUT2D eigenvalue weighted by molar-refractivity contribution is 0.0595. The highest BCUT2D eigenvalue weighted by Gasteiger charge is 2.23. The lowest BCUT2D eigenvalue weighted by atomic mass is 10.1. The number of imidazole rings is 1. The van der Waals surface area contributed by atoms with Crippen molar-refractivity contribution in [3.8, 4) is 0 Å². The summed E-state index contributed by atoms with van der Waals surface area (Å²) in [5.41, 5.74) is 6.09. The molecule has 1 aromatic heterocycles. The Bertz CT molecular complexity index is 401. The highest BCUT2D eigenvalue weighted by atomic mass is 16.5. The molecule has 6 heteroatoms. The van der Waals surface area contributed by atoms with Gasteiger partial charge in [-0.25, -0.2) is 9.78 Å². The first-order valence-corrected chi connectivity index (χ1v) is 6.01. The van der Waals surface area contributed by atoms with Gasteiger partial charge in [0.05, 0.1) is 26.1 Å². The van der Waals surface area contributed by atoms with E-state index < -0.39 is 5.97 Å². The van der Waals surface area contributed by atoms with E-state index in [9.17, 15) is 4.79 Å². The Balaban J connectivity index is 2.99. The number of aromatic nitrogens is 2. The van der Waals surface area contributed by atoms with Gasteiger partial charge in [-0.3, -0.25) is 0 Å². The van der Waals surface area contributed by atoms with E-state index in [0.29, 0.717) is 24.9 Å². The lowest BCUT2D eigenvalue weighted by Gasteiger charge is -2.23. The van der Waals surface area contributed by atoms with Crippen LogP contribution in [-0.2, 0) is 9.47 Å². The summed E-state index contributed by atoms with van der Waals surface area (Å²) in [6.45, 7) is 7.26. The van der Waals surface area contributed by atoms with Crippen LogP contribution < -0.4 is 5.73 Å². The molecule has 1 aromatic rings. The minimum Gasteiger partial charge on any atom is -0.464 e. The molecule has 18 heavy (non-hydrogen) atoms. The molecule has 0 saturated carbocycles. The lowest BCUT2D eigenvalue weighted by Crippen LogP contribution is -2.22. The van der Waals surface area contributed by atoms with Crippen LogP contribution in [0.5, 0.6) is 0 Å². The molecular weight excluding hydrogens is 234 g/mol. The van der Waals surface area contributed by atoms with Crippen molar-refractivity contribution in [1.29, 1.82) is 0 Å². The van der Waals surface area contributed by atoms with E-state index in [2.05, 4.69) is 23.6 Å². The Morgan fingerprint density at radius 2 is 2.22 bits per heavy atom. The third-order valence-corrected chi connectivity index (χ3v) is 2.83. The van der Waals surface area contributed by atoms with E-state index >= 15 is 0 Å². The van der Waals surface area contributed by atoms with E-state index in [-0.39, 0.29) is 11.7 Å². The van der Waals surface area contributed by atoms with Gasteiger partial charge < -0.3 is 19.8 Å². The largest absolute Gasteiger partial charge is 0.464 e. The van der Waals surface area contributed by atoms with Crippen molar-refractivity contribution in [3.05, 3.63) is 12.0 Å². The number of rotatable bonds is 6. The molecule has 102 valence electrons. The molecule has 0 radical (unpaired) electrons. The number of esters is 1. The number of anilines is 1. The van der Waals surface area contributed by atoms with Crippen molar-refractivity contribution in [2.24, 2.45) is 5.92 Å². The van der Waals surface area contributed by atoms with Crippen LogP contribution in [-0.4, -0.2) is 35.8 Å². The molecule has 1 heterocycles. The Labute approximate surface area is 107 Å². The standard InChI is InChI=1S/C12H21N3O3/c1-5-18-6-9(8(2)3)15-7-14-10(11(15)13)12(16)17-4/h7-9H,5-6,13H2,1-4H3. The van der Waals surface area contributed by atoms with E-state index in [1.165, 1.54) is 7.11 Å². The molecule has 0 spiro atoms. The number of carbonyl (C=O) groups is 1. The number of nitrogens with zero attached hydrogens (tertiary/aromatic N) is 2. The molecule has 0 fully saturated rings. The first kappa shape index (κ1) is 14.5. The minimum atomic E-state index is -0.523. The summed E-state index contributed by atoms with van der Waals surface area (Å²) in [7, 11) is 1.31. The summed E-state index contributed by atoms with van der Waals surface area (Å²) in [4.78, 5) is 15.5. The van der Waals surface area contributed by atoms with Crippen molar-refractivity contribution < 1.29 is 14.3 Å². The van der Waals surface area contributed by atoms with Crippen molar-refractivity contribution in [2.45, 2.75) is 26.8 Å². The van der Waals surface area contributed by atoms with Crippen LogP contribution in [0.4, 0.5) is 5.82 Å². The van der Waals surface area contributed by atoms with Gasteiger partial charge in [-0.2, -0.15) is 0 Å². The molecular formula is C12H21N3O3. The van der Waals surface area contributed by atoms with Crippen molar-refractivity contribution in [2.75, 3.05) is 26.1 Å². The monoisotopic (exact) mass is 255 g/mol. The Kier molecular flexibility index (Phi) is 5.15. The van der Waals surface area contributed by atoms with Crippen LogP contribution in [0.2, 0.25) is 0 Å². The van der Waals surface area contributed by atoms with Gasteiger partial charge in [0.15, 0.2) is 5.69 Å². The second kappa shape index (κ2) is 6.39. The van der Waals surface area contributed by atoms with Gasteiger partial charge in [-0.15, -0.1) is 0 Å². The topological polar surface area (TPSA) is 79.4 Å². The summed E-state index contributed by atoms with van der Waals surface area (Å²) in [6.07, 6.45) is 1.56. The number of ether oxygens (including phenoxy) is 2. The highest BCUT2D eigenvalue weighted by molar-refractivity contribution is 5.92. The summed E-state index contributed by atoms with van der Waals surface area (Å²) >= 11 is 0. The summed E-state index contributed by atoms with van der Waals surface area (Å²) in [5, 5.41) is 0. The minimum absolute atomic E-state index is 0.0517. The van der Waals surface area contributed by atoms with Crippen LogP contribution in [0, 0.1) is 5.92 Å². The number of methoxy groups -OCH3 is 1. The molecule has 0 aliphatic heterocycles. The van der Waals surface area contributed by atoms with Gasteiger partial charge in [0, 0.05) is 6.61 Å². The highest BCUT2D eigenvalue weighted by Crippen LogP contribution is 2.23. The number of carbonyl (C=O) groups excluding carboxylic acids is 1. The predicted octanol–water partition coefficient (Wildman–Crippen LogP) is 1.49. The van der Waals surface area contributed by atoms with Crippen molar-refractivity contribution in [3.63, 3.8) is 0 Å². The summed E-state index contributed by atoms with van der Waals surface area (Å²) in [5.74, 6) is 0.115. The van der Waals surface area contributed by atoms with Crippen LogP contribution in [0.1, 0.15) is 37.3 Å². The van der Waals surface area contributed by atoms with Gasteiger partial charge >= 0.3 is 5.97 Å². The zero-order valence-corrected chi connectivity index (χ0v) is 11.3. The van der Waals surface area contributed by atoms with Crippen molar-refractivity contribution in [1.82, 2.24) is 9.55 Å². The van der Waals surface area contributed by atoms with Crippen LogP contribution in [0.25, 0.3) is 0 Å². The molecule has 0 amide bonds. The summed E-state index contributed by atoms with van der Waals surface area (Å²) in [6, 6.07) is 0.0517. The van der Waals surface area contributed by atoms with E-state index in [1.807, 2.05) is 6.92 Å². The van der Waals surface area contributed by atoms with Gasteiger partial charge in [-0.1, -0.05) is 13.8 Å². The fourth-order valence-electron chi connectivity index (χ4n) is 1.72. The zero-order valence-electron chi connectivity index (χ0n) is 11.3. The fourth-order valence-corrected chi connectivity index (χ4v) is 1.72. The molecule has 2 N–H and O–H groups in total. The van der Waals surface area contributed by atoms with Crippen LogP contribution in [0.3, 0.4) is 0 Å². The molecule has 0 aromatic carbocycles. The quantitative estimate of drug-likeness (QED) is 0.779. The number of nitrogen functional groups attached to an aromatic ring is 1. The predicted molar refractivity (Wildman–Crippen MR) is 68.3 cm³/mol. The van der Waals surface area contributed by atoms with Gasteiger partial charge in [0.2, 0.25) is 0 Å². The molecule has 1 rings (SSSR count). The average molecular weight is 255 g/mol.